The van der Waals surface area contributed by atoms with Crippen molar-refractivity contribution in [3.63, 3.8) is 0 Å². The summed E-state index contributed by atoms with van der Waals surface area (Å²) in [6, 6.07) is 11.7. The molecular formula is C19H22Cl3N5O. The maximum atomic E-state index is 6.21. The van der Waals surface area contributed by atoms with E-state index in [1.54, 1.807) is 6.20 Å². The van der Waals surface area contributed by atoms with Crippen LogP contribution < -0.4 is 10.5 Å². The summed E-state index contributed by atoms with van der Waals surface area (Å²) in [6.07, 6.45) is 3.53. The van der Waals surface area contributed by atoms with Crippen molar-refractivity contribution < 1.29 is 4.74 Å². The number of nitrogens with zero attached hydrogens (tertiary/aromatic N) is 4. The zero-order valence-corrected chi connectivity index (χ0v) is 17.7. The van der Waals surface area contributed by atoms with Crippen LogP contribution in [0, 0.1) is 0 Å². The molecule has 1 aliphatic rings. The molecule has 150 valence electrons. The summed E-state index contributed by atoms with van der Waals surface area (Å²) in [7, 11) is 0. The summed E-state index contributed by atoms with van der Waals surface area (Å²) in [5.41, 5.74) is 7.63. The second-order valence-electron chi connectivity index (χ2n) is 6.44. The van der Waals surface area contributed by atoms with E-state index in [-0.39, 0.29) is 30.9 Å². The molecule has 0 aliphatic heterocycles. The molecule has 0 radical (unpaired) electrons. The number of halogens is 3. The minimum atomic E-state index is 0. The molecule has 0 unspecified atom stereocenters. The minimum absolute atomic E-state index is 0. The molecule has 1 fully saturated rings. The number of nitrogens with two attached hydrogens (primary N) is 1. The van der Waals surface area contributed by atoms with E-state index in [1.165, 1.54) is 0 Å². The fourth-order valence-corrected chi connectivity index (χ4v) is 3.42. The molecule has 0 saturated heterocycles. The molecule has 2 aromatic heterocycles. The lowest BCUT2D eigenvalue weighted by molar-refractivity contribution is 0.335. The van der Waals surface area contributed by atoms with Gasteiger partial charge in [-0.05, 0) is 50.1 Å². The molecule has 9 heteroatoms. The molecule has 3 aromatic rings. The first-order valence-corrected chi connectivity index (χ1v) is 9.09. The van der Waals surface area contributed by atoms with E-state index in [0.717, 1.165) is 35.8 Å². The first-order valence-electron chi connectivity index (χ1n) is 8.71. The van der Waals surface area contributed by atoms with Crippen LogP contribution in [0.3, 0.4) is 0 Å². The van der Waals surface area contributed by atoms with Gasteiger partial charge in [-0.2, -0.15) is 0 Å². The molecule has 0 spiro atoms. The highest BCUT2D eigenvalue weighted by atomic mass is 35.5. The fraction of sp³-hybridized carbons (Fsp3) is 0.316. The van der Waals surface area contributed by atoms with Gasteiger partial charge in [0.25, 0.3) is 0 Å². The number of ether oxygens (including phenoxy) is 1. The Kier molecular flexibility index (Phi) is 7.66. The van der Waals surface area contributed by atoms with E-state index in [4.69, 9.17) is 22.1 Å². The summed E-state index contributed by atoms with van der Waals surface area (Å²) in [4.78, 5) is 4.50. The number of benzene rings is 1. The second kappa shape index (κ2) is 9.56. The van der Waals surface area contributed by atoms with Gasteiger partial charge < -0.3 is 10.5 Å². The molecule has 2 heterocycles. The van der Waals surface area contributed by atoms with Crippen LogP contribution in [0.1, 0.15) is 31.5 Å². The first kappa shape index (κ1) is 22.4. The highest BCUT2D eigenvalue weighted by Crippen LogP contribution is 2.37. The average Bonchev–Trinajstić information content (AvgIpc) is 3.04. The Labute approximate surface area is 181 Å². The molecule has 1 aliphatic carbocycles. The predicted molar refractivity (Wildman–Crippen MR) is 115 cm³/mol. The predicted octanol–water partition coefficient (Wildman–Crippen LogP) is 4.43. The Hall–Kier alpha value is -1.86. The molecule has 2 N–H and O–H groups in total. The smallest absolute Gasteiger partial charge is 0.187 e. The van der Waals surface area contributed by atoms with E-state index in [1.807, 2.05) is 47.9 Å². The summed E-state index contributed by atoms with van der Waals surface area (Å²) < 4.78 is 7.51. The number of pyridine rings is 1. The van der Waals surface area contributed by atoms with Crippen LogP contribution >= 0.6 is 36.4 Å². The van der Waals surface area contributed by atoms with Gasteiger partial charge in [-0.15, -0.1) is 35.0 Å². The highest BCUT2D eigenvalue weighted by Gasteiger charge is 2.33. The number of rotatable bonds is 5. The van der Waals surface area contributed by atoms with E-state index in [9.17, 15) is 0 Å². The Bertz CT molecular complexity index is 910. The molecule has 0 amide bonds. The van der Waals surface area contributed by atoms with Crippen LogP contribution in [-0.4, -0.2) is 32.4 Å². The minimum Gasteiger partial charge on any atom is -0.492 e. The molecule has 6 nitrogen and oxygen atoms in total. The third kappa shape index (κ3) is 4.41. The first-order chi connectivity index (χ1) is 12.7. The van der Waals surface area contributed by atoms with Crippen LogP contribution in [-0.2, 0) is 0 Å². The molecule has 1 aromatic carbocycles. The van der Waals surface area contributed by atoms with Crippen LogP contribution in [0.25, 0.3) is 17.2 Å². The van der Waals surface area contributed by atoms with Crippen molar-refractivity contribution in [2.75, 3.05) is 6.61 Å². The summed E-state index contributed by atoms with van der Waals surface area (Å²) in [5.74, 6) is 2.62. The molecule has 4 rings (SSSR count). The maximum Gasteiger partial charge on any atom is 0.187 e. The van der Waals surface area contributed by atoms with Crippen molar-refractivity contribution in [3.05, 3.63) is 53.4 Å². The van der Waals surface area contributed by atoms with Gasteiger partial charge in [-0.1, -0.05) is 17.7 Å². The zero-order valence-electron chi connectivity index (χ0n) is 15.3. The highest BCUT2D eigenvalue weighted by molar-refractivity contribution is 6.30. The molecule has 0 atom stereocenters. The average molecular weight is 443 g/mol. The quantitative estimate of drug-likeness (QED) is 0.632. The third-order valence-electron chi connectivity index (χ3n) is 4.57. The van der Waals surface area contributed by atoms with Crippen molar-refractivity contribution in [1.29, 1.82) is 0 Å². The maximum absolute atomic E-state index is 6.21. The van der Waals surface area contributed by atoms with Gasteiger partial charge in [0.1, 0.15) is 17.3 Å². The lowest BCUT2D eigenvalue weighted by Gasteiger charge is -2.31. The molecule has 0 bridgehead atoms. The van der Waals surface area contributed by atoms with E-state index >= 15 is 0 Å². The SMILES string of the molecule is CCOc1ccc(-c2nnc([C@H]3C[C@H](N)C3)n2-c2cccc(Cl)c2)nc1.Cl.Cl. The largest absolute Gasteiger partial charge is 0.492 e. The summed E-state index contributed by atoms with van der Waals surface area (Å²) >= 11 is 6.21. The van der Waals surface area contributed by atoms with Crippen molar-refractivity contribution in [2.24, 2.45) is 5.73 Å². The van der Waals surface area contributed by atoms with Gasteiger partial charge in [0.05, 0.1) is 18.5 Å². The third-order valence-corrected chi connectivity index (χ3v) is 4.81. The Morgan fingerprint density at radius 2 is 1.96 bits per heavy atom. The van der Waals surface area contributed by atoms with Crippen LogP contribution in [0.2, 0.25) is 5.02 Å². The van der Waals surface area contributed by atoms with E-state index in [2.05, 4.69) is 15.2 Å². The Morgan fingerprint density at radius 3 is 2.57 bits per heavy atom. The molecule has 1 saturated carbocycles. The van der Waals surface area contributed by atoms with Crippen molar-refractivity contribution >= 4 is 36.4 Å². The van der Waals surface area contributed by atoms with E-state index < -0.39 is 0 Å². The van der Waals surface area contributed by atoms with Crippen LogP contribution in [0.15, 0.2) is 42.6 Å². The lowest BCUT2D eigenvalue weighted by Crippen LogP contribution is -2.36. The van der Waals surface area contributed by atoms with E-state index in [0.29, 0.717) is 23.4 Å². The lowest BCUT2D eigenvalue weighted by atomic mass is 9.80. The van der Waals surface area contributed by atoms with Gasteiger partial charge in [0.15, 0.2) is 5.82 Å². The fourth-order valence-electron chi connectivity index (χ4n) is 3.23. The van der Waals surface area contributed by atoms with Gasteiger partial charge in [-0.3, -0.25) is 4.57 Å². The van der Waals surface area contributed by atoms with Crippen molar-refractivity contribution in [1.82, 2.24) is 19.7 Å². The standard InChI is InChI=1S/C19H20ClN5O.2ClH/c1-2-26-16-6-7-17(22-11-16)19-24-23-18(12-8-14(21)9-12)25(19)15-5-3-4-13(20)10-15;;/h3-7,10-12,14H,2,8-9,21H2,1H3;2*1H/t12-,14-;;. The summed E-state index contributed by atoms with van der Waals surface area (Å²) in [6.45, 7) is 2.55. The summed E-state index contributed by atoms with van der Waals surface area (Å²) in [5, 5.41) is 9.54. The topological polar surface area (TPSA) is 78.9 Å². The molecular weight excluding hydrogens is 421 g/mol. The second-order valence-corrected chi connectivity index (χ2v) is 6.87. The van der Waals surface area contributed by atoms with Crippen molar-refractivity contribution in [2.45, 2.75) is 31.7 Å². The van der Waals surface area contributed by atoms with Crippen molar-refractivity contribution in [3.8, 4) is 23.0 Å². The Balaban J connectivity index is 0.00000140. The molecule has 28 heavy (non-hydrogen) atoms. The zero-order chi connectivity index (χ0) is 18.1. The van der Waals surface area contributed by atoms with Crippen LogP contribution in [0.5, 0.6) is 5.75 Å². The van der Waals surface area contributed by atoms with Gasteiger partial charge >= 0.3 is 0 Å². The van der Waals surface area contributed by atoms with Gasteiger partial charge in [0, 0.05) is 17.0 Å². The number of aromatic nitrogens is 4. The monoisotopic (exact) mass is 441 g/mol. The van der Waals surface area contributed by atoms with Gasteiger partial charge in [-0.25, -0.2) is 4.98 Å². The number of hydrogen-bond acceptors (Lipinski definition) is 5. The van der Waals surface area contributed by atoms with Gasteiger partial charge in [0.2, 0.25) is 0 Å². The Morgan fingerprint density at radius 1 is 1.18 bits per heavy atom. The van der Waals surface area contributed by atoms with Crippen LogP contribution in [0.4, 0.5) is 0 Å². The number of hydrogen-bond donors (Lipinski definition) is 1. The normalized spacial score (nSPS) is 17.8.